The van der Waals surface area contributed by atoms with Crippen molar-refractivity contribution in [1.29, 1.82) is 0 Å². The lowest BCUT2D eigenvalue weighted by atomic mass is 10.2. The van der Waals surface area contributed by atoms with Gasteiger partial charge in [-0.05, 0) is 51.8 Å². The molecule has 3 rings (SSSR count). The van der Waals surface area contributed by atoms with Crippen molar-refractivity contribution in [1.82, 2.24) is 4.98 Å². The topological polar surface area (TPSA) is 43.1 Å². The van der Waals surface area contributed by atoms with E-state index in [1.807, 2.05) is 0 Å². The highest BCUT2D eigenvalue weighted by atomic mass is 79.9. The minimum absolute atomic E-state index is 0.0193. The van der Waals surface area contributed by atoms with Crippen LogP contribution in [0.1, 0.15) is 11.5 Å². The van der Waals surface area contributed by atoms with Gasteiger partial charge in [0.2, 0.25) is 5.89 Å². The maximum absolute atomic E-state index is 13.2. The third-order valence-electron chi connectivity index (χ3n) is 2.98. The summed E-state index contributed by atoms with van der Waals surface area (Å²) in [6.45, 7) is 0. The summed E-state index contributed by atoms with van der Waals surface area (Å²) < 4.78 is 18.7. The SMILES string of the molecule is O=c1oc(/C(Cl)=C/c2ccc(F)c(Br)c2)nc2ccccc12. The van der Waals surface area contributed by atoms with E-state index in [1.54, 1.807) is 42.5 Å². The summed E-state index contributed by atoms with van der Waals surface area (Å²) in [5.41, 5.74) is 0.643. The molecule has 0 unspecified atom stereocenters. The van der Waals surface area contributed by atoms with Crippen molar-refractivity contribution in [2.24, 2.45) is 0 Å². The predicted molar refractivity (Wildman–Crippen MR) is 88.1 cm³/mol. The van der Waals surface area contributed by atoms with Crippen LogP contribution in [0.5, 0.6) is 0 Å². The maximum atomic E-state index is 13.2. The summed E-state index contributed by atoms with van der Waals surface area (Å²) in [7, 11) is 0. The quantitative estimate of drug-likeness (QED) is 0.640. The fraction of sp³-hybridized carbons (Fsp3) is 0. The molecule has 1 heterocycles. The van der Waals surface area contributed by atoms with Gasteiger partial charge in [-0.2, -0.15) is 0 Å². The average molecular weight is 381 g/mol. The van der Waals surface area contributed by atoms with E-state index in [-0.39, 0.29) is 16.7 Å². The predicted octanol–water partition coefficient (Wildman–Crippen LogP) is 4.83. The van der Waals surface area contributed by atoms with Crippen LogP contribution in [0.3, 0.4) is 0 Å². The Kier molecular flexibility index (Phi) is 4.09. The molecular weight excluding hydrogens is 373 g/mol. The minimum atomic E-state index is -0.507. The van der Waals surface area contributed by atoms with Gasteiger partial charge in [0, 0.05) is 0 Å². The number of halogens is 3. The normalized spacial score (nSPS) is 11.9. The maximum Gasteiger partial charge on any atom is 0.347 e. The van der Waals surface area contributed by atoms with Gasteiger partial charge in [0.1, 0.15) is 10.8 Å². The number of para-hydroxylation sites is 1. The Hall–Kier alpha value is -1.98. The standard InChI is InChI=1S/C16H8BrClFNO2/c17-11-7-9(5-6-13(11)19)8-12(18)15-20-14-4-2-1-3-10(14)16(21)22-15/h1-8H/b12-8-. The number of nitrogens with zero attached hydrogens (tertiary/aromatic N) is 1. The van der Waals surface area contributed by atoms with Crippen LogP contribution in [0.15, 0.2) is 56.1 Å². The van der Waals surface area contributed by atoms with Gasteiger partial charge in [-0.25, -0.2) is 14.2 Å². The second-order valence-electron chi connectivity index (χ2n) is 4.49. The molecule has 0 radical (unpaired) electrons. The molecule has 22 heavy (non-hydrogen) atoms. The Balaban J connectivity index is 2.08. The molecule has 110 valence electrons. The number of benzene rings is 2. The zero-order valence-corrected chi connectivity index (χ0v) is 13.4. The molecule has 0 spiro atoms. The zero-order valence-electron chi connectivity index (χ0n) is 11.0. The minimum Gasteiger partial charge on any atom is -0.402 e. The molecule has 6 heteroatoms. The second kappa shape index (κ2) is 6.02. The first-order chi connectivity index (χ1) is 10.5. The van der Waals surface area contributed by atoms with Gasteiger partial charge < -0.3 is 4.42 Å². The van der Waals surface area contributed by atoms with Crippen molar-refractivity contribution in [2.75, 3.05) is 0 Å². The first kappa shape index (κ1) is 14.9. The molecule has 0 saturated carbocycles. The molecule has 1 aromatic heterocycles. The van der Waals surface area contributed by atoms with Crippen LogP contribution < -0.4 is 5.63 Å². The van der Waals surface area contributed by atoms with Crippen molar-refractivity contribution in [3.05, 3.63) is 74.6 Å². The number of fused-ring (bicyclic) bond motifs is 1. The first-order valence-electron chi connectivity index (χ1n) is 6.27. The molecule has 0 atom stereocenters. The Morgan fingerprint density at radius 3 is 2.82 bits per heavy atom. The van der Waals surface area contributed by atoms with Crippen LogP contribution >= 0.6 is 27.5 Å². The van der Waals surface area contributed by atoms with Gasteiger partial charge in [-0.3, -0.25) is 0 Å². The van der Waals surface area contributed by atoms with Gasteiger partial charge in [-0.15, -0.1) is 0 Å². The Morgan fingerprint density at radius 1 is 1.27 bits per heavy atom. The van der Waals surface area contributed by atoms with Gasteiger partial charge >= 0.3 is 5.63 Å². The van der Waals surface area contributed by atoms with Crippen LogP contribution in [0, 0.1) is 5.82 Å². The third-order valence-corrected chi connectivity index (χ3v) is 3.86. The summed E-state index contributed by atoms with van der Waals surface area (Å²) >= 11 is 9.26. The Morgan fingerprint density at radius 2 is 2.05 bits per heavy atom. The summed E-state index contributed by atoms with van der Waals surface area (Å²) in [5.74, 6) is -0.352. The molecule has 3 aromatic rings. The molecule has 0 saturated heterocycles. The molecule has 0 aliphatic rings. The molecule has 0 fully saturated rings. The van der Waals surface area contributed by atoms with E-state index >= 15 is 0 Å². The van der Waals surface area contributed by atoms with E-state index in [0.717, 1.165) is 0 Å². The van der Waals surface area contributed by atoms with Gasteiger partial charge in [0.05, 0.1) is 15.4 Å². The van der Waals surface area contributed by atoms with Crippen molar-refractivity contribution in [3.8, 4) is 0 Å². The molecule has 0 aliphatic carbocycles. The van der Waals surface area contributed by atoms with E-state index in [2.05, 4.69) is 20.9 Å². The summed E-state index contributed by atoms with van der Waals surface area (Å²) in [4.78, 5) is 16.1. The average Bonchev–Trinajstić information content (AvgIpc) is 2.51. The highest BCUT2D eigenvalue weighted by Gasteiger charge is 2.09. The summed E-state index contributed by atoms with van der Waals surface area (Å²) in [5, 5.41) is 0.543. The van der Waals surface area contributed by atoms with E-state index in [4.69, 9.17) is 16.0 Å². The molecule has 0 N–H and O–H groups in total. The molecule has 0 amide bonds. The number of hydrogen-bond donors (Lipinski definition) is 0. The van der Waals surface area contributed by atoms with Gasteiger partial charge in [0.25, 0.3) is 0 Å². The van der Waals surface area contributed by atoms with E-state index in [9.17, 15) is 9.18 Å². The van der Waals surface area contributed by atoms with Crippen LogP contribution in [0.25, 0.3) is 22.0 Å². The van der Waals surface area contributed by atoms with E-state index in [0.29, 0.717) is 20.9 Å². The fourth-order valence-corrected chi connectivity index (χ4v) is 2.53. The van der Waals surface area contributed by atoms with Crippen LogP contribution in [-0.2, 0) is 0 Å². The molecule has 2 aromatic carbocycles. The summed E-state index contributed by atoms with van der Waals surface area (Å²) in [6, 6.07) is 11.3. The summed E-state index contributed by atoms with van der Waals surface area (Å²) in [6.07, 6.45) is 1.55. The molecule has 3 nitrogen and oxygen atoms in total. The molecular formula is C16H8BrClFNO2. The Bertz CT molecular complexity index is 952. The monoisotopic (exact) mass is 379 g/mol. The lowest BCUT2D eigenvalue weighted by molar-refractivity contribution is 0.489. The van der Waals surface area contributed by atoms with E-state index < -0.39 is 5.63 Å². The van der Waals surface area contributed by atoms with E-state index in [1.165, 1.54) is 6.07 Å². The van der Waals surface area contributed by atoms with Crippen LogP contribution in [0.4, 0.5) is 4.39 Å². The lowest BCUT2D eigenvalue weighted by Gasteiger charge is -2.01. The van der Waals surface area contributed by atoms with Crippen molar-refractivity contribution in [2.45, 2.75) is 0 Å². The van der Waals surface area contributed by atoms with Crippen molar-refractivity contribution < 1.29 is 8.81 Å². The fourth-order valence-electron chi connectivity index (χ4n) is 1.93. The van der Waals surface area contributed by atoms with Crippen LogP contribution in [0.2, 0.25) is 0 Å². The lowest BCUT2D eigenvalue weighted by Crippen LogP contribution is -2.03. The van der Waals surface area contributed by atoms with Gasteiger partial charge in [0.15, 0.2) is 0 Å². The highest BCUT2D eigenvalue weighted by Crippen LogP contribution is 2.24. The molecule has 0 bridgehead atoms. The van der Waals surface area contributed by atoms with Crippen molar-refractivity contribution >= 4 is 49.5 Å². The number of hydrogen-bond acceptors (Lipinski definition) is 3. The zero-order chi connectivity index (χ0) is 15.7. The largest absolute Gasteiger partial charge is 0.402 e. The second-order valence-corrected chi connectivity index (χ2v) is 5.75. The van der Waals surface area contributed by atoms with Crippen molar-refractivity contribution in [3.63, 3.8) is 0 Å². The highest BCUT2D eigenvalue weighted by molar-refractivity contribution is 9.10. The number of rotatable bonds is 2. The van der Waals surface area contributed by atoms with Crippen LogP contribution in [-0.4, -0.2) is 4.98 Å². The third kappa shape index (κ3) is 2.96. The smallest absolute Gasteiger partial charge is 0.347 e. The first-order valence-corrected chi connectivity index (χ1v) is 7.44. The Labute approximate surface area is 138 Å². The molecule has 0 aliphatic heterocycles. The number of aromatic nitrogens is 1. The van der Waals surface area contributed by atoms with Gasteiger partial charge in [-0.1, -0.05) is 29.8 Å².